The van der Waals surface area contributed by atoms with Crippen LogP contribution in [0.25, 0.3) is 0 Å². The Hall–Kier alpha value is -1.10. The zero-order chi connectivity index (χ0) is 14.5. The molecular formula is C16H26N2O2. The van der Waals surface area contributed by atoms with E-state index in [-0.39, 0.29) is 6.04 Å². The maximum atomic E-state index is 5.51. The van der Waals surface area contributed by atoms with Crippen molar-refractivity contribution in [3.63, 3.8) is 0 Å². The molecule has 1 aliphatic heterocycles. The van der Waals surface area contributed by atoms with E-state index in [0.717, 1.165) is 31.8 Å². The maximum Gasteiger partial charge on any atom is 0.123 e. The Balaban J connectivity index is 2.10. The molecule has 0 spiro atoms. The van der Waals surface area contributed by atoms with Gasteiger partial charge < -0.3 is 14.8 Å². The van der Waals surface area contributed by atoms with E-state index < -0.39 is 0 Å². The van der Waals surface area contributed by atoms with Gasteiger partial charge in [-0.25, -0.2) is 0 Å². The number of aryl methyl sites for hydroxylation is 1. The third kappa shape index (κ3) is 3.51. The molecule has 1 saturated heterocycles. The number of hydrogen-bond acceptors (Lipinski definition) is 4. The fourth-order valence-corrected chi connectivity index (χ4v) is 2.88. The molecule has 1 aliphatic rings. The summed E-state index contributed by atoms with van der Waals surface area (Å²) in [6.07, 6.45) is 1.50. The van der Waals surface area contributed by atoms with Crippen LogP contribution in [0.15, 0.2) is 18.2 Å². The van der Waals surface area contributed by atoms with Crippen LogP contribution in [-0.2, 0) is 4.74 Å². The average molecular weight is 278 g/mol. The number of methoxy groups -OCH3 is 2. The third-order valence-corrected chi connectivity index (χ3v) is 4.11. The minimum absolute atomic E-state index is 0.278. The molecule has 0 radical (unpaired) electrons. The zero-order valence-electron chi connectivity index (χ0n) is 13.0. The lowest BCUT2D eigenvalue weighted by Gasteiger charge is -2.25. The van der Waals surface area contributed by atoms with Crippen LogP contribution in [0.4, 0.5) is 0 Å². The van der Waals surface area contributed by atoms with Crippen LogP contribution in [-0.4, -0.2) is 51.9 Å². The maximum absolute atomic E-state index is 5.51. The van der Waals surface area contributed by atoms with Gasteiger partial charge in [0.05, 0.1) is 13.2 Å². The minimum Gasteiger partial charge on any atom is -0.496 e. The fraction of sp³-hybridized carbons (Fsp3) is 0.625. The molecule has 2 unspecified atom stereocenters. The SMILES string of the molecule is CNC(CN1CCC(OC)C1)c1cc(C)ccc1OC. The Bertz CT molecular complexity index is 436. The Labute approximate surface area is 122 Å². The van der Waals surface area contributed by atoms with E-state index in [9.17, 15) is 0 Å². The molecule has 0 aliphatic carbocycles. The smallest absolute Gasteiger partial charge is 0.123 e. The van der Waals surface area contributed by atoms with Crippen molar-refractivity contribution in [3.8, 4) is 5.75 Å². The number of benzene rings is 1. The van der Waals surface area contributed by atoms with Gasteiger partial charge in [-0.3, -0.25) is 4.90 Å². The third-order valence-electron chi connectivity index (χ3n) is 4.11. The van der Waals surface area contributed by atoms with Crippen LogP contribution in [0.3, 0.4) is 0 Å². The van der Waals surface area contributed by atoms with Crippen molar-refractivity contribution in [2.45, 2.75) is 25.5 Å². The molecule has 20 heavy (non-hydrogen) atoms. The Morgan fingerprint density at radius 3 is 2.80 bits per heavy atom. The highest BCUT2D eigenvalue weighted by atomic mass is 16.5. The van der Waals surface area contributed by atoms with Crippen LogP contribution >= 0.6 is 0 Å². The van der Waals surface area contributed by atoms with Crippen LogP contribution in [0.1, 0.15) is 23.6 Å². The number of likely N-dealkylation sites (tertiary alicyclic amines) is 1. The van der Waals surface area contributed by atoms with Gasteiger partial charge in [-0.05, 0) is 26.5 Å². The summed E-state index contributed by atoms with van der Waals surface area (Å²) < 4.78 is 10.9. The predicted molar refractivity (Wildman–Crippen MR) is 81.4 cm³/mol. The van der Waals surface area contributed by atoms with E-state index in [1.165, 1.54) is 11.1 Å². The molecule has 1 aromatic carbocycles. The number of likely N-dealkylation sites (N-methyl/N-ethyl adjacent to an activating group) is 1. The van der Waals surface area contributed by atoms with Crippen molar-refractivity contribution >= 4 is 0 Å². The molecule has 4 nitrogen and oxygen atoms in total. The monoisotopic (exact) mass is 278 g/mol. The molecule has 1 heterocycles. The fourth-order valence-electron chi connectivity index (χ4n) is 2.88. The first-order valence-electron chi connectivity index (χ1n) is 7.25. The molecular weight excluding hydrogens is 252 g/mol. The summed E-state index contributed by atoms with van der Waals surface area (Å²) >= 11 is 0. The second-order valence-corrected chi connectivity index (χ2v) is 5.49. The van der Waals surface area contributed by atoms with E-state index in [1.54, 1.807) is 14.2 Å². The number of hydrogen-bond donors (Lipinski definition) is 1. The van der Waals surface area contributed by atoms with E-state index in [4.69, 9.17) is 9.47 Å². The van der Waals surface area contributed by atoms with Crippen molar-refractivity contribution in [3.05, 3.63) is 29.3 Å². The molecule has 1 aromatic rings. The van der Waals surface area contributed by atoms with Gasteiger partial charge in [-0.15, -0.1) is 0 Å². The number of nitrogens with zero attached hydrogens (tertiary/aromatic N) is 1. The largest absolute Gasteiger partial charge is 0.496 e. The summed E-state index contributed by atoms with van der Waals surface area (Å²) in [4.78, 5) is 2.46. The topological polar surface area (TPSA) is 33.7 Å². The first kappa shape index (κ1) is 15.3. The Morgan fingerprint density at radius 1 is 1.40 bits per heavy atom. The highest BCUT2D eigenvalue weighted by Gasteiger charge is 2.25. The summed E-state index contributed by atoms with van der Waals surface area (Å²) in [5, 5.41) is 3.42. The molecule has 0 saturated carbocycles. The van der Waals surface area contributed by atoms with Gasteiger partial charge in [0.15, 0.2) is 0 Å². The first-order valence-corrected chi connectivity index (χ1v) is 7.25. The second-order valence-electron chi connectivity index (χ2n) is 5.49. The first-order chi connectivity index (χ1) is 9.67. The predicted octanol–water partition coefficient (Wildman–Crippen LogP) is 1.98. The van der Waals surface area contributed by atoms with Gasteiger partial charge in [0.2, 0.25) is 0 Å². The van der Waals surface area contributed by atoms with Gasteiger partial charge in [-0.2, -0.15) is 0 Å². The minimum atomic E-state index is 0.278. The summed E-state index contributed by atoms with van der Waals surface area (Å²) in [5.74, 6) is 0.956. The van der Waals surface area contributed by atoms with Gasteiger partial charge in [0.1, 0.15) is 5.75 Å². The van der Waals surface area contributed by atoms with Crippen LogP contribution < -0.4 is 10.1 Å². The van der Waals surface area contributed by atoms with Crippen molar-refractivity contribution in [2.24, 2.45) is 0 Å². The van der Waals surface area contributed by atoms with Gasteiger partial charge >= 0.3 is 0 Å². The molecule has 2 atom stereocenters. The molecule has 0 bridgehead atoms. The Morgan fingerprint density at radius 2 is 2.20 bits per heavy atom. The van der Waals surface area contributed by atoms with E-state index in [0.29, 0.717) is 6.10 Å². The van der Waals surface area contributed by atoms with Crippen molar-refractivity contribution in [1.82, 2.24) is 10.2 Å². The van der Waals surface area contributed by atoms with Crippen LogP contribution in [0.2, 0.25) is 0 Å². The zero-order valence-corrected chi connectivity index (χ0v) is 13.0. The lowest BCUT2D eigenvalue weighted by atomic mass is 10.0. The summed E-state index contributed by atoms with van der Waals surface area (Å²) in [6.45, 7) is 5.22. The van der Waals surface area contributed by atoms with Gasteiger partial charge in [-0.1, -0.05) is 17.7 Å². The van der Waals surface area contributed by atoms with E-state index >= 15 is 0 Å². The molecule has 0 aromatic heterocycles. The number of rotatable bonds is 6. The summed E-state index contributed by atoms with van der Waals surface area (Å²) in [7, 11) is 5.54. The number of ether oxygens (including phenoxy) is 2. The molecule has 1 N–H and O–H groups in total. The quantitative estimate of drug-likeness (QED) is 0.863. The standard InChI is InChI=1S/C16H26N2O2/c1-12-5-6-16(20-4)14(9-12)15(17-2)11-18-8-7-13(10-18)19-3/h5-6,9,13,15,17H,7-8,10-11H2,1-4H3. The van der Waals surface area contributed by atoms with Gasteiger partial charge in [0.25, 0.3) is 0 Å². The number of nitrogens with one attached hydrogen (secondary N) is 1. The highest BCUT2D eigenvalue weighted by Crippen LogP contribution is 2.27. The van der Waals surface area contributed by atoms with Crippen LogP contribution in [0.5, 0.6) is 5.75 Å². The molecule has 112 valence electrons. The van der Waals surface area contributed by atoms with Crippen molar-refractivity contribution < 1.29 is 9.47 Å². The van der Waals surface area contributed by atoms with Crippen LogP contribution in [0, 0.1) is 6.92 Å². The lowest BCUT2D eigenvalue weighted by molar-refractivity contribution is 0.107. The van der Waals surface area contributed by atoms with E-state index in [1.807, 2.05) is 7.05 Å². The molecule has 0 amide bonds. The van der Waals surface area contributed by atoms with Crippen molar-refractivity contribution in [1.29, 1.82) is 0 Å². The van der Waals surface area contributed by atoms with E-state index in [2.05, 4.69) is 35.3 Å². The highest BCUT2D eigenvalue weighted by molar-refractivity contribution is 5.39. The molecule has 2 rings (SSSR count). The van der Waals surface area contributed by atoms with Gasteiger partial charge in [0, 0.05) is 38.3 Å². The normalized spacial score (nSPS) is 21.1. The van der Waals surface area contributed by atoms with Crippen molar-refractivity contribution in [2.75, 3.05) is 40.9 Å². The molecule has 1 fully saturated rings. The second kappa shape index (κ2) is 7.07. The molecule has 4 heteroatoms. The summed E-state index contributed by atoms with van der Waals surface area (Å²) in [5.41, 5.74) is 2.49. The Kier molecular flexibility index (Phi) is 5.40. The average Bonchev–Trinajstić information content (AvgIpc) is 2.92. The lowest BCUT2D eigenvalue weighted by Crippen LogP contribution is -2.33. The summed E-state index contributed by atoms with van der Waals surface area (Å²) in [6, 6.07) is 6.63.